The minimum absolute atomic E-state index is 0.365. The molecule has 0 heterocycles. The van der Waals surface area contributed by atoms with Crippen LogP contribution in [0.5, 0.6) is 0 Å². The van der Waals surface area contributed by atoms with Gasteiger partial charge in [-0.15, -0.1) is 0 Å². The van der Waals surface area contributed by atoms with Crippen molar-refractivity contribution in [2.75, 3.05) is 40.5 Å². The SMILES string of the molecule is CCCCCC=CCC=CCCCCCCCCOC[C@H](COCCCCCCCC)N(C)C. The van der Waals surface area contributed by atoms with Gasteiger partial charge in [0.2, 0.25) is 0 Å². The number of hydrogen-bond donors (Lipinski definition) is 0. The largest absolute Gasteiger partial charge is 0.380 e. The van der Waals surface area contributed by atoms with Gasteiger partial charge in [0.15, 0.2) is 0 Å². The van der Waals surface area contributed by atoms with Crippen LogP contribution >= 0.6 is 0 Å². The van der Waals surface area contributed by atoms with Crippen LogP contribution in [0.15, 0.2) is 24.3 Å². The van der Waals surface area contributed by atoms with Crippen molar-refractivity contribution in [3.05, 3.63) is 24.3 Å². The molecule has 0 bridgehead atoms. The topological polar surface area (TPSA) is 21.7 Å². The first-order chi connectivity index (χ1) is 16.7. The van der Waals surface area contributed by atoms with E-state index in [-0.39, 0.29) is 0 Å². The molecule has 0 saturated carbocycles. The molecule has 0 spiro atoms. The van der Waals surface area contributed by atoms with E-state index in [1.165, 1.54) is 109 Å². The van der Waals surface area contributed by atoms with Crippen LogP contribution in [0, 0.1) is 0 Å². The maximum absolute atomic E-state index is 5.96. The summed E-state index contributed by atoms with van der Waals surface area (Å²) in [6.07, 6.45) is 32.7. The van der Waals surface area contributed by atoms with E-state index in [2.05, 4.69) is 57.1 Å². The Kier molecular flexibility index (Phi) is 28.1. The number of hydrogen-bond acceptors (Lipinski definition) is 3. The lowest BCUT2D eigenvalue weighted by molar-refractivity contribution is 0.0197. The average Bonchev–Trinajstić information content (AvgIpc) is 2.83. The van der Waals surface area contributed by atoms with Crippen molar-refractivity contribution in [1.29, 1.82) is 0 Å². The highest BCUT2D eigenvalue weighted by Crippen LogP contribution is 2.09. The molecule has 0 aliphatic heterocycles. The summed E-state index contributed by atoms with van der Waals surface area (Å²) in [5.74, 6) is 0. The van der Waals surface area contributed by atoms with Gasteiger partial charge in [0.05, 0.1) is 19.3 Å². The van der Waals surface area contributed by atoms with Gasteiger partial charge in [-0.25, -0.2) is 0 Å². The van der Waals surface area contributed by atoms with E-state index in [0.717, 1.165) is 32.8 Å². The fraction of sp³-hybridized carbons (Fsp3) is 0.871. The van der Waals surface area contributed by atoms with E-state index in [0.29, 0.717) is 6.04 Å². The Balaban J connectivity index is 3.44. The Morgan fingerprint density at radius 1 is 0.529 bits per heavy atom. The van der Waals surface area contributed by atoms with Gasteiger partial charge in [-0.2, -0.15) is 0 Å². The first kappa shape index (κ1) is 33.4. The van der Waals surface area contributed by atoms with Crippen LogP contribution in [-0.2, 0) is 9.47 Å². The number of ether oxygens (including phenoxy) is 2. The zero-order chi connectivity index (χ0) is 25.0. The third kappa shape index (κ3) is 26.0. The average molecular weight is 480 g/mol. The third-order valence-corrected chi connectivity index (χ3v) is 6.48. The molecule has 202 valence electrons. The summed E-state index contributed by atoms with van der Waals surface area (Å²) in [7, 11) is 4.26. The molecule has 0 unspecified atom stereocenters. The van der Waals surface area contributed by atoms with Gasteiger partial charge in [0.1, 0.15) is 0 Å². The van der Waals surface area contributed by atoms with E-state index in [1.54, 1.807) is 0 Å². The summed E-state index contributed by atoms with van der Waals surface area (Å²) in [6, 6.07) is 0.365. The summed E-state index contributed by atoms with van der Waals surface area (Å²) < 4.78 is 11.9. The number of unbranched alkanes of at least 4 members (excludes halogenated alkanes) is 14. The van der Waals surface area contributed by atoms with Crippen molar-refractivity contribution in [3.63, 3.8) is 0 Å². The Labute approximate surface area is 214 Å². The van der Waals surface area contributed by atoms with Gasteiger partial charge in [0, 0.05) is 13.2 Å². The second-order valence-corrected chi connectivity index (χ2v) is 10.1. The van der Waals surface area contributed by atoms with Crippen LogP contribution < -0.4 is 0 Å². The van der Waals surface area contributed by atoms with Crippen LogP contribution in [0.1, 0.15) is 129 Å². The minimum atomic E-state index is 0.365. The summed E-state index contributed by atoms with van der Waals surface area (Å²) >= 11 is 0. The van der Waals surface area contributed by atoms with Gasteiger partial charge < -0.3 is 14.4 Å². The molecular formula is C31H61NO2. The highest BCUT2D eigenvalue weighted by molar-refractivity contribution is 4.92. The molecule has 0 N–H and O–H groups in total. The fourth-order valence-corrected chi connectivity index (χ4v) is 3.96. The first-order valence-corrected chi connectivity index (χ1v) is 14.8. The number of rotatable bonds is 27. The zero-order valence-electron chi connectivity index (χ0n) is 23.7. The maximum Gasteiger partial charge on any atom is 0.0644 e. The molecule has 34 heavy (non-hydrogen) atoms. The molecule has 1 atom stereocenters. The number of allylic oxidation sites excluding steroid dienone is 4. The molecule has 0 amide bonds. The highest BCUT2D eigenvalue weighted by atomic mass is 16.5. The van der Waals surface area contributed by atoms with Gasteiger partial charge in [-0.05, 0) is 59.0 Å². The smallest absolute Gasteiger partial charge is 0.0644 e. The Morgan fingerprint density at radius 2 is 0.941 bits per heavy atom. The van der Waals surface area contributed by atoms with E-state index in [1.807, 2.05) is 0 Å². The molecule has 0 aromatic rings. The second kappa shape index (κ2) is 28.6. The zero-order valence-corrected chi connectivity index (χ0v) is 23.7. The number of likely N-dealkylation sites (N-methyl/N-ethyl adjacent to an activating group) is 1. The summed E-state index contributed by atoms with van der Waals surface area (Å²) in [5.41, 5.74) is 0. The third-order valence-electron chi connectivity index (χ3n) is 6.48. The lowest BCUT2D eigenvalue weighted by Crippen LogP contribution is -2.37. The molecule has 0 aliphatic carbocycles. The monoisotopic (exact) mass is 479 g/mol. The van der Waals surface area contributed by atoms with Crippen LogP contribution in [0.3, 0.4) is 0 Å². The molecule has 0 rings (SSSR count). The van der Waals surface area contributed by atoms with Gasteiger partial charge in [0.25, 0.3) is 0 Å². The predicted octanol–water partition coefficient (Wildman–Crippen LogP) is 9.12. The van der Waals surface area contributed by atoms with E-state index < -0.39 is 0 Å². The van der Waals surface area contributed by atoms with Crippen molar-refractivity contribution in [2.45, 2.75) is 135 Å². The van der Waals surface area contributed by atoms with E-state index in [4.69, 9.17) is 9.47 Å². The molecular weight excluding hydrogens is 418 g/mol. The molecule has 0 aliphatic rings. The molecule has 0 radical (unpaired) electrons. The minimum Gasteiger partial charge on any atom is -0.380 e. The van der Waals surface area contributed by atoms with Crippen molar-refractivity contribution in [1.82, 2.24) is 4.90 Å². The predicted molar refractivity (Wildman–Crippen MR) is 152 cm³/mol. The summed E-state index contributed by atoms with van der Waals surface area (Å²) in [6.45, 7) is 7.87. The van der Waals surface area contributed by atoms with Gasteiger partial charge in [-0.3, -0.25) is 0 Å². The van der Waals surface area contributed by atoms with E-state index >= 15 is 0 Å². The van der Waals surface area contributed by atoms with Crippen molar-refractivity contribution >= 4 is 0 Å². The lowest BCUT2D eigenvalue weighted by Gasteiger charge is -2.24. The Bertz CT molecular complexity index is 433. The Morgan fingerprint density at radius 3 is 1.44 bits per heavy atom. The van der Waals surface area contributed by atoms with Crippen LogP contribution in [0.2, 0.25) is 0 Å². The van der Waals surface area contributed by atoms with Crippen molar-refractivity contribution < 1.29 is 9.47 Å². The Hall–Kier alpha value is -0.640. The molecule has 0 saturated heterocycles. The van der Waals surface area contributed by atoms with Crippen LogP contribution in [-0.4, -0.2) is 51.5 Å². The van der Waals surface area contributed by atoms with Gasteiger partial charge in [-0.1, -0.05) is 109 Å². The highest BCUT2D eigenvalue weighted by Gasteiger charge is 2.11. The first-order valence-electron chi connectivity index (χ1n) is 14.8. The quantitative estimate of drug-likeness (QED) is 0.0865. The normalized spacial score (nSPS) is 13.1. The van der Waals surface area contributed by atoms with Crippen LogP contribution in [0.25, 0.3) is 0 Å². The van der Waals surface area contributed by atoms with Crippen molar-refractivity contribution in [3.8, 4) is 0 Å². The van der Waals surface area contributed by atoms with Crippen LogP contribution in [0.4, 0.5) is 0 Å². The van der Waals surface area contributed by atoms with Crippen molar-refractivity contribution in [2.24, 2.45) is 0 Å². The molecule has 3 heteroatoms. The molecule has 3 nitrogen and oxygen atoms in total. The molecule has 0 aromatic carbocycles. The standard InChI is InChI=1S/C31H61NO2/c1-5-7-9-11-13-14-15-16-17-18-19-20-21-22-24-26-28-34-30-31(32(3)4)29-33-27-25-23-12-10-8-6-2/h13-14,16-17,31H,5-12,15,18-30H2,1-4H3/t31-/m0/s1. The van der Waals surface area contributed by atoms with Gasteiger partial charge >= 0.3 is 0 Å². The maximum atomic E-state index is 5.96. The summed E-state index contributed by atoms with van der Waals surface area (Å²) in [4.78, 5) is 2.24. The summed E-state index contributed by atoms with van der Waals surface area (Å²) in [5, 5.41) is 0. The second-order valence-electron chi connectivity index (χ2n) is 10.1. The fourth-order valence-electron chi connectivity index (χ4n) is 3.96. The molecule has 0 aromatic heterocycles. The lowest BCUT2D eigenvalue weighted by atomic mass is 10.1. The number of nitrogens with zero attached hydrogens (tertiary/aromatic N) is 1. The van der Waals surface area contributed by atoms with E-state index in [9.17, 15) is 0 Å². The molecule has 0 fully saturated rings.